The van der Waals surface area contributed by atoms with E-state index in [1.54, 1.807) is 42.5 Å². The van der Waals surface area contributed by atoms with Crippen LogP contribution in [-0.2, 0) is 11.8 Å². The number of rotatable bonds is 7. The molecule has 194 valence electrons. The van der Waals surface area contributed by atoms with Crippen molar-refractivity contribution in [1.29, 1.82) is 0 Å². The summed E-state index contributed by atoms with van der Waals surface area (Å²) in [6.45, 7) is 1.35. The van der Waals surface area contributed by atoms with Crippen LogP contribution in [0.1, 0.15) is 21.5 Å². The average Bonchev–Trinajstić information content (AvgIpc) is 3.43. The first-order chi connectivity index (χ1) is 18.2. The number of anilines is 2. The summed E-state index contributed by atoms with van der Waals surface area (Å²) in [6, 6.07) is 17.2. The Bertz CT molecular complexity index is 1590. The zero-order chi connectivity index (χ0) is 27.0. The molecule has 5 rings (SSSR count). The predicted molar refractivity (Wildman–Crippen MR) is 148 cm³/mol. The Balaban J connectivity index is 1.58. The van der Waals surface area contributed by atoms with Gasteiger partial charge in [-0.3, -0.25) is 9.59 Å². The van der Waals surface area contributed by atoms with Gasteiger partial charge in [-0.25, -0.2) is 9.37 Å². The number of hydrogen-bond acceptors (Lipinski definition) is 5. The van der Waals surface area contributed by atoms with E-state index < -0.39 is 5.82 Å². The van der Waals surface area contributed by atoms with Crippen LogP contribution in [0.3, 0.4) is 0 Å². The number of aryl methyl sites for hydroxylation is 1. The molecule has 9 heteroatoms. The number of hydrogen-bond donors (Lipinski definition) is 2. The number of aromatic nitrogens is 2. The summed E-state index contributed by atoms with van der Waals surface area (Å²) in [6.07, 6.45) is 1.73. The predicted octanol–water partition coefficient (Wildman–Crippen LogP) is 4.28. The smallest absolute Gasteiger partial charge is 0.258 e. The van der Waals surface area contributed by atoms with Crippen molar-refractivity contribution in [1.82, 2.24) is 19.4 Å². The summed E-state index contributed by atoms with van der Waals surface area (Å²) in [5.41, 5.74) is 5.55. The first-order valence-corrected chi connectivity index (χ1v) is 12.3. The fourth-order valence-corrected chi connectivity index (χ4v) is 4.51. The van der Waals surface area contributed by atoms with Crippen molar-refractivity contribution >= 4 is 45.5 Å². The number of imidazole rings is 1. The van der Waals surface area contributed by atoms with Crippen LogP contribution in [0, 0.1) is 5.82 Å². The molecule has 8 nitrogen and oxygen atoms in total. The van der Waals surface area contributed by atoms with Crippen molar-refractivity contribution < 1.29 is 14.0 Å². The van der Waals surface area contributed by atoms with E-state index in [4.69, 9.17) is 0 Å². The maximum Gasteiger partial charge on any atom is 0.258 e. The Labute approximate surface area is 220 Å². The van der Waals surface area contributed by atoms with Gasteiger partial charge in [0.2, 0.25) is 0 Å². The minimum atomic E-state index is -0.431. The normalized spacial score (nSPS) is 14.0. The third-order valence-corrected chi connectivity index (χ3v) is 6.60. The topological polar surface area (TPSA) is 82.5 Å². The average molecular weight is 513 g/mol. The molecule has 3 aromatic carbocycles. The van der Waals surface area contributed by atoms with Gasteiger partial charge in [0.15, 0.2) is 0 Å². The minimum Gasteiger partial charge on any atom is -0.354 e. The monoisotopic (exact) mass is 512 g/mol. The second-order valence-electron chi connectivity index (χ2n) is 9.69. The fourth-order valence-electron chi connectivity index (χ4n) is 4.51. The molecular weight excluding hydrogens is 483 g/mol. The molecule has 2 heterocycles. The van der Waals surface area contributed by atoms with Crippen molar-refractivity contribution in [2.45, 2.75) is 0 Å². The lowest BCUT2D eigenvalue weighted by molar-refractivity contribution is -0.110. The summed E-state index contributed by atoms with van der Waals surface area (Å²) in [5, 5.41) is 6.16. The Hall–Kier alpha value is -4.50. The molecule has 2 N–H and O–H groups in total. The Morgan fingerprint density at radius 1 is 1.03 bits per heavy atom. The molecule has 0 saturated carbocycles. The SMILES string of the molecule is CN(C)CCN(C)C(=O)c1cccc(N/C(=C2\C(=O)Nc3cc(F)ccc32)c2ccc3c(c2)ncn3C)c1. The third-order valence-electron chi connectivity index (χ3n) is 6.60. The number of carbonyl (C=O) groups is 2. The zero-order valence-electron chi connectivity index (χ0n) is 21.7. The van der Waals surface area contributed by atoms with E-state index in [1.807, 2.05) is 54.9 Å². The third kappa shape index (κ3) is 4.88. The molecule has 1 aliphatic heterocycles. The number of fused-ring (bicyclic) bond motifs is 2. The van der Waals surface area contributed by atoms with Crippen LogP contribution in [0.5, 0.6) is 0 Å². The zero-order valence-corrected chi connectivity index (χ0v) is 21.7. The number of nitrogens with one attached hydrogen (secondary N) is 2. The first kappa shape index (κ1) is 25.2. The van der Waals surface area contributed by atoms with E-state index in [-0.39, 0.29) is 11.8 Å². The van der Waals surface area contributed by atoms with E-state index >= 15 is 0 Å². The highest BCUT2D eigenvalue weighted by atomic mass is 19.1. The van der Waals surface area contributed by atoms with Gasteiger partial charge < -0.3 is 25.0 Å². The minimum absolute atomic E-state index is 0.0981. The van der Waals surface area contributed by atoms with Crippen molar-refractivity contribution in [3.8, 4) is 0 Å². The van der Waals surface area contributed by atoms with Crippen LogP contribution in [0.2, 0.25) is 0 Å². The summed E-state index contributed by atoms with van der Waals surface area (Å²) < 4.78 is 15.8. The van der Waals surface area contributed by atoms with Crippen LogP contribution >= 0.6 is 0 Å². The van der Waals surface area contributed by atoms with Gasteiger partial charge in [-0.05, 0) is 62.6 Å². The quantitative estimate of drug-likeness (QED) is 0.361. The Morgan fingerprint density at radius 3 is 2.63 bits per heavy atom. The molecule has 0 aliphatic carbocycles. The lowest BCUT2D eigenvalue weighted by atomic mass is 9.99. The van der Waals surface area contributed by atoms with Crippen LogP contribution in [-0.4, -0.2) is 65.4 Å². The summed E-state index contributed by atoms with van der Waals surface area (Å²) in [7, 11) is 7.62. The molecule has 0 fully saturated rings. The van der Waals surface area contributed by atoms with Crippen molar-refractivity contribution in [2.24, 2.45) is 7.05 Å². The van der Waals surface area contributed by atoms with Crippen LogP contribution in [0.4, 0.5) is 15.8 Å². The molecule has 4 aromatic rings. The number of halogens is 1. The van der Waals surface area contributed by atoms with Crippen LogP contribution < -0.4 is 10.6 Å². The van der Waals surface area contributed by atoms with E-state index in [9.17, 15) is 14.0 Å². The van der Waals surface area contributed by atoms with E-state index in [2.05, 4.69) is 15.6 Å². The summed E-state index contributed by atoms with van der Waals surface area (Å²) in [5.74, 6) is -0.872. The second-order valence-corrected chi connectivity index (χ2v) is 9.69. The molecule has 2 amide bonds. The van der Waals surface area contributed by atoms with Crippen molar-refractivity contribution in [3.05, 3.63) is 89.5 Å². The number of amides is 2. The number of carbonyl (C=O) groups excluding carboxylic acids is 2. The van der Waals surface area contributed by atoms with Crippen molar-refractivity contribution in [3.63, 3.8) is 0 Å². The van der Waals surface area contributed by atoms with Gasteiger partial charge in [-0.2, -0.15) is 0 Å². The van der Waals surface area contributed by atoms with Gasteiger partial charge in [0, 0.05) is 49.6 Å². The van der Waals surface area contributed by atoms with Gasteiger partial charge >= 0.3 is 0 Å². The summed E-state index contributed by atoms with van der Waals surface area (Å²) in [4.78, 5) is 34.4. The number of nitrogens with zero attached hydrogens (tertiary/aromatic N) is 4. The lowest BCUT2D eigenvalue weighted by Crippen LogP contribution is -2.33. The van der Waals surface area contributed by atoms with E-state index in [1.165, 1.54) is 12.1 Å². The highest BCUT2D eigenvalue weighted by molar-refractivity contribution is 6.37. The largest absolute Gasteiger partial charge is 0.354 e. The maximum absolute atomic E-state index is 13.9. The lowest BCUT2D eigenvalue weighted by Gasteiger charge is -2.20. The Kier molecular flexibility index (Phi) is 6.69. The van der Waals surface area contributed by atoms with Gasteiger partial charge in [0.1, 0.15) is 5.82 Å². The molecule has 0 unspecified atom stereocenters. The molecule has 1 aromatic heterocycles. The van der Waals surface area contributed by atoms with Gasteiger partial charge in [-0.1, -0.05) is 12.1 Å². The molecule has 0 saturated heterocycles. The Morgan fingerprint density at radius 2 is 1.84 bits per heavy atom. The van der Waals surface area contributed by atoms with Crippen LogP contribution in [0.25, 0.3) is 22.3 Å². The standard InChI is InChI=1S/C29H29FN6O2/c1-34(2)12-13-35(3)29(38)19-6-5-7-21(14-19)32-27(18-8-11-25-24(15-18)31-17-36(25)4)26-22-10-9-20(30)16-23(22)33-28(26)37/h5-11,14-17,32H,12-13H2,1-4H3,(H,33,37)/b27-26-. The van der Waals surface area contributed by atoms with Gasteiger partial charge in [0.05, 0.1) is 34.3 Å². The number of likely N-dealkylation sites (N-methyl/N-ethyl adjacent to an activating group) is 2. The molecular formula is C29H29FN6O2. The fraction of sp³-hybridized carbons (Fsp3) is 0.207. The molecule has 0 atom stereocenters. The highest BCUT2D eigenvalue weighted by Crippen LogP contribution is 2.38. The summed E-state index contributed by atoms with van der Waals surface area (Å²) >= 11 is 0. The second kappa shape index (κ2) is 10.1. The maximum atomic E-state index is 13.9. The molecule has 0 spiro atoms. The molecule has 1 aliphatic rings. The van der Waals surface area contributed by atoms with Crippen LogP contribution in [0.15, 0.2) is 67.0 Å². The molecule has 0 bridgehead atoms. The van der Waals surface area contributed by atoms with Crippen molar-refractivity contribution in [2.75, 3.05) is 44.9 Å². The van der Waals surface area contributed by atoms with E-state index in [0.29, 0.717) is 40.3 Å². The van der Waals surface area contributed by atoms with Gasteiger partial charge in [0.25, 0.3) is 11.8 Å². The number of benzene rings is 3. The first-order valence-electron chi connectivity index (χ1n) is 12.3. The molecule has 38 heavy (non-hydrogen) atoms. The van der Waals surface area contributed by atoms with Gasteiger partial charge in [-0.15, -0.1) is 0 Å². The highest BCUT2D eigenvalue weighted by Gasteiger charge is 2.29. The van der Waals surface area contributed by atoms with E-state index in [0.717, 1.165) is 23.1 Å². The molecule has 0 radical (unpaired) electrons.